The maximum atomic E-state index is 10.6. The third-order valence-corrected chi connectivity index (χ3v) is 1.90. The van der Waals surface area contributed by atoms with Crippen molar-refractivity contribution in [3.05, 3.63) is 60.6 Å². The molecule has 4 nitrogen and oxygen atoms in total. The third-order valence-electron chi connectivity index (χ3n) is 1.90. The van der Waals surface area contributed by atoms with Crippen molar-refractivity contribution in [2.75, 3.05) is 0 Å². The maximum absolute atomic E-state index is 10.6. The summed E-state index contributed by atoms with van der Waals surface area (Å²) in [6.07, 6.45) is 2.31. The van der Waals surface area contributed by atoms with Crippen LogP contribution in [-0.4, -0.2) is 11.1 Å². The number of allylic oxidation sites excluding steroid dienone is 1. The van der Waals surface area contributed by atoms with E-state index in [0.717, 1.165) is 0 Å². The Morgan fingerprint density at radius 3 is 2.59 bits per heavy atom. The lowest BCUT2D eigenvalue weighted by Crippen LogP contribution is -2.10. The summed E-state index contributed by atoms with van der Waals surface area (Å²) in [5, 5.41) is 8.71. The summed E-state index contributed by atoms with van der Waals surface area (Å²) in [6, 6.07) is 9.04. The molecule has 0 radical (unpaired) electrons. The van der Waals surface area contributed by atoms with Crippen LogP contribution in [-0.2, 0) is 14.3 Å². The molecule has 1 unspecified atom stereocenters. The van der Waals surface area contributed by atoms with Crippen molar-refractivity contribution in [3.63, 3.8) is 0 Å². The van der Waals surface area contributed by atoms with E-state index < -0.39 is 12.3 Å². The summed E-state index contributed by atoms with van der Waals surface area (Å²) in [5.74, 6) is -1.57. The Kier molecular flexibility index (Phi) is 4.81. The van der Waals surface area contributed by atoms with E-state index >= 15 is 0 Å². The molecule has 0 fully saturated rings. The zero-order valence-corrected chi connectivity index (χ0v) is 9.50. The molecule has 0 saturated heterocycles. The topological polar surface area (TPSA) is 55.8 Å². The Morgan fingerprint density at radius 2 is 2.06 bits per heavy atom. The zero-order valence-electron chi connectivity index (χ0n) is 9.50. The van der Waals surface area contributed by atoms with Crippen molar-refractivity contribution in [3.8, 4) is 0 Å². The fraction of sp³-hybridized carbons (Fsp3) is 0.154. The normalized spacial score (nSPS) is 12.1. The molecule has 0 aliphatic carbocycles. The standard InChI is InChI=1S/C13H14O4/c1-3-9-16-13(17-10(2)12(14)15)11-7-5-4-6-8-11/h3-9,13H,2H2,1H3,(H,14,15)/b9-3-. The summed E-state index contributed by atoms with van der Waals surface area (Å²) in [5.41, 5.74) is 0.716. The van der Waals surface area contributed by atoms with E-state index in [1.165, 1.54) is 6.26 Å². The summed E-state index contributed by atoms with van der Waals surface area (Å²) in [7, 11) is 0. The summed E-state index contributed by atoms with van der Waals surface area (Å²) in [6.45, 7) is 5.09. The van der Waals surface area contributed by atoms with Crippen LogP contribution < -0.4 is 0 Å². The van der Waals surface area contributed by atoms with E-state index in [1.54, 1.807) is 25.1 Å². The Balaban J connectivity index is 2.81. The molecule has 1 N–H and O–H groups in total. The van der Waals surface area contributed by atoms with Gasteiger partial charge in [0.25, 0.3) is 6.29 Å². The number of hydrogen-bond acceptors (Lipinski definition) is 3. The van der Waals surface area contributed by atoms with Crippen molar-refractivity contribution in [1.29, 1.82) is 0 Å². The van der Waals surface area contributed by atoms with Gasteiger partial charge in [0.2, 0.25) is 5.76 Å². The van der Waals surface area contributed by atoms with Crippen molar-refractivity contribution >= 4 is 5.97 Å². The predicted octanol–water partition coefficient (Wildman–Crippen LogP) is 2.85. The average Bonchev–Trinajstić information content (AvgIpc) is 2.35. The molecule has 0 amide bonds. The number of hydrogen-bond donors (Lipinski definition) is 1. The van der Waals surface area contributed by atoms with Gasteiger partial charge in [0.05, 0.1) is 6.26 Å². The minimum absolute atomic E-state index is 0.358. The van der Waals surface area contributed by atoms with Crippen LogP contribution in [0.25, 0.3) is 0 Å². The fourth-order valence-corrected chi connectivity index (χ4v) is 1.11. The monoisotopic (exact) mass is 234 g/mol. The van der Waals surface area contributed by atoms with Crippen LogP contribution in [0.3, 0.4) is 0 Å². The minimum atomic E-state index is -1.21. The first-order valence-corrected chi connectivity index (χ1v) is 5.05. The lowest BCUT2D eigenvalue weighted by Gasteiger charge is -2.18. The molecular weight excluding hydrogens is 220 g/mol. The van der Waals surface area contributed by atoms with Gasteiger partial charge in [0.15, 0.2) is 0 Å². The van der Waals surface area contributed by atoms with E-state index in [1.807, 2.05) is 18.2 Å². The number of benzene rings is 1. The van der Waals surface area contributed by atoms with Gasteiger partial charge in [-0.25, -0.2) is 4.79 Å². The van der Waals surface area contributed by atoms with E-state index in [4.69, 9.17) is 14.6 Å². The number of aliphatic carboxylic acids is 1. The number of carboxylic acids is 1. The highest BCUT2D eigenvalue weighted by molar-refractivity contribution is 5.83. The lowest BCUT2D eigenvalue weighted by molar-refractivity contribution is -0.145. The Bertz CT molecular complexity index is 409. The molecule has 1 rings (SSSR count). The molecule has 0 aromatic heterocycles. The third kappa shape index (κ3) is 4.03. The lowest BCUT2D eigenvalue weighted by atomic mass is 10.2. The first-order chi connectivity index (χ1) is 8.15. The van der Waals surface area contributed by atoms with Gasteiger partial charge < -0.3 is 14.6 Å². The number of ether oxygens (including phenoxy) is 2. The molecule has 0 heterocycles. The summed E-state index contributed by atoms with van der Waals surface area (Å²) in [4.78, 5) is 10.6. The van der Waals surface area contributed by atoms with Crippen LogP contribution in [0.5, 0.6) is 0 Å². The predicted molar refractivity (Wildman–Crippen MR) is 62.9 cm³/mol. The molecule has 90 valence electrons. The highest BCUT2D eigenvalue weighted by atomic mass is 16.7. The first kappa shape index (κ1) is 12.8. The molecule has 0 aliphatic rings. The molecule has 1 atom stereocenters. The first-order valence-electron chi connectivity index (χ1n) is 5.05. The average molecular weight is 234 g/mol. The molecule has 17 heavy (non-hydrogen) atoms. The van der Waals surface area contributed by atoms with Crippen LogP contribution in [0.1, 0.15) is 18.8 Å². The van der Waals surface area contributed by atoms with Gasteiger partial charge in [-0.2, -0.15) is 0 Å². The second kappa shape index (κ2) is 6.37. The molecule has 1 aromatic carbocycles. The number of rotatable bonds is 6. The molecule has 4 heteroatoms. The second-order valence-corrected chi connectivity index (χ2v) is 3.19. The quantitative estimate of drug-likeness (QED) is 0.467. The van der Waals surface area contributed by atoms with E-state index in [9.17, 15) is 4.79 Å². The van der Waals surface area contributed by atoms with Gasteiger partial charge in [-0.15, -0.1) is 0 Å². The molecular formula is C13H14O4. The van der Waals surface area contributed by atoms with Gasteiger partial charge in [0, 0.05) is 5.56 Å². The van der Waals surface area contributed by atoms with Crippen molar-refractivity contribution in [2.24, 2.45) is 0 Å². The van der Waals surface area contributed by atoms with E-state index in [0.29, 0.717) is 5.56 Å². The summed E-state index contributed by atoms with van der Waals surface area (Å²) >= 11 is 0. The van der Waals surface area contributed by atoms with Gasteiger partial charge in [0.1, 0.15) is 0 Å². The van der Waals surface area contributed by atoms with Crippen molar-refractivity contribution in [2.45, 2.75) is 13.2 Å². The summed E-state index contributed by atoms with van der Waals surface area (Å²) < 4.78 is 10.4. The fourth-order valence-electron chi connectivity index (χ4n) is 1.11. The smallest absolute Gasteiger partial charge is 0.370 e. The van der Waals surface area contributed by atoms with Crippen molar-refractivity contribution < 1.29 is 19.4 Å². The van der Waals surface area contributed by atoms with E-state index in [2.05, 4.69) is 6.58 Å². The Hall–Kier alpha value is -2.23. The molecule has 0 aliphatic heterocycles. The van der Waals surface area contributed by atoms with Crippen LogP contribution in [0.15, 0.2) is 55.0 Å². The van der Waals surface area contributed by atoms with Crippen LogP contribution >= 0.6 is 0 Å². The molecule has 0 bridgehead atoms. The largest absolute Gasteiger partial charge is 0.475 e. The van der Waals surface area contributed by atoms with Gasteiger partial charge in [-0.3, -0.25) is 0 Å². The van der Waals surface area contributed by atoms with Gasteiger partial charge in [-0.05, 0) is 13.5 Å². The molecule has 1 aromatic rings. The Morgan fingerprint density at radius 1 is 1.41 bits per heavy atom. The van der Waals surface area contributed by atoms with Gasteiger partial charge in [-0.1, -0.05) is 36.4 Å². The highest BCUT2D eigenvalue weighted by Gasteiger charge is 2.16. The molecule has 0 saturated carbocycles. The van der Waals surface area contributed by atoms with Crippen LogP contribution in [0.4, 0.5) is 0 Å². The Labute approximate surface area is 99.8 Å². The van der Waals surface area contributed by atoms with E-state index in [-0.39, 0.29) is 5.76 Å². The minimum Gasteiger partial charge on any atom is -0.475 e. The van der Waals surface area contributed by atoms with Gasteiger partial charge >= 0.3 is 5.97 Å². The molecule has 0 spiro atoms. The van der Waals surface area contributed by atoms with Crippen LogP contribution in [0, 0.1) is 0 Å². The zero-order chi connectivity index (χ0) is 12.7. The van der Waals surface area contributed by atoms with Crippen molar-refractivity contribution in [1.82, 2.24) is 0 Å². The highest BCUT2D eigenvalue weighted by Crippen LogP contribution is 2.21. The van der Waals surface area contributed by atoms with Crippen LogP contribution in [0.2, 0.25) is 0 Å². The number of carbonyl (C=O) groups is 1. The SMILES string of the molecule is C=C(OC(O/C=C\C)c1ccccc1)C(=O)O. The second-order valence-electron chi connectivity index (χ2n) is 3.19. The number of carboxylic acid groups (broad SMARTS) is 1. The maximum Gasteiger partial charge on any atom is 0.370 e.